The standard InChI is InChI=1S/C14H20Cl2O3/c1-3-19-12(18)14(16)10-5-4-9(8-15)13(10,2)7-6-11(14)17/h9-10H,3-8H2,1-2H3/t9-,10+,13-,14+/m0/s1. The van der Waals surface area contributed by atoms with Crippen molar-refractivity contribution < 1.29 is 14.3 Å². The number of carbonyl (C=O) groups excluding carboxylic acids is 2. The summed E-state index contributed by atoms with van der Waals surface area (Å²) in [4.78, 5) is 23.0. The molecule has 0 saturated heterocycles. The summed E-state index contributed by atoms with van der Waals surface area (Å²) in [6.45, 7) is 4.07. The first-order valence-corrected chi connectivity index (χ1v) is 7.77. The molecular formula is C14H20Cl2O3. The van der Waals surface area contributed by atoms with Gasteiger partial charge in [0.15, 0.2) is 5.78 Å². The molecule has 3 nitrogen and oxygen atoms in total. The van der Waals surface area contributed by atoms with E-state index in [4.69, 9.17) is 27.9 Å². The van der Waals surface area contributed by atoms with E-state index < -0.39 is 10.8 Å². The van der Waals surface area contributed by atoms with Crippen LogP contribution in [0.1, 0.15) is 39.5 Å². The van der Waals surface area contributed by atoms with Crippen LogP contribution in [0.15, 0.2) is 0 Å². The van der Waals surface area contributed by atoms with Crippen molar-refractivity contribution in [1.29, 1.82) is 0 Å². The zero-order valence-electron chi connectivity index (χ0n) is 11.4. The molecule has 2 rings (SSSR count). The van der Waals surface area contributed by atoms with Gasteiger partial charge in [-0.25, -0.2) is 4.79 Å². The molecule has 2 aliphatic rings. The lowest BCUT2D eigenvalue weighted by atomic mass is 9.61. The lowest BCUT2D eigenvalue weighted by molar-refractivity contribution is -0.156. The number of fused-ring (bicyclic) bond motifs is 1. The van der Waals surface area contributed by atoms with Gasteiger partial charge >= 0.3 is 5.97 Å². The maximum absolute atomic E-state index is 12.2. The van der Waals surface area contributed by atoms with E-state index >= 15 is 0 Å². The molecule has 0 aromatic carbocycles. The minimum absolute atomic E-state index is 0.135. The summed E-state index contributed by atoms with van der Waals surface area (Å²) in [6, 6.07) is 0. The van der Waals surface area contributed by atoms with Gasteiger partial charge < -0.3 is 4.74 Å². The van der Waals surface area contributed by atoms with E-state index in [0.717, 1.165) is 19.3 Å². The molecule has 0 unspecified atom stereocenters. The summed E-state index contributed by atoms with van der Waals surface area (Å²) >= 11 is 12.5. The Morgan fingerprint density at radius 1 is 1.47 bits per heavy atom. The average Bonchev–Trinajstić information content (AvgIpc) is 2.72. The molecule has 0 N–H and O–H groups in total. The van der Waals surface area contributed by atoms with E-state index in [-0.39, 0.29) is 23.7 Å². The molecule has 2 saturated carbocycles. The highest BCUT2D eigenvalue weighted by Crippen LogP contribution is 2.60. The van der Waals surface area contributed by atoms with Crippen molar-refractivity contribution in [2.45, 2.75) is 44.4 Å². The lowest BCUT2D eigenvalue weighted by Crippen LogP contribution is -2.57. The van der Waals surface area contributed by atoms with Gasteiger partial charge in [-0.2, -0.15) is 0 Å². The molecule has 108 valence electrons. The number of esters is 1. The number of ether oxygens (including phenoxy) is 1. The van der Waals surface area contributed by atoms with E-state index in [0.29, 0.717) is 18.2 Å². The fraction of sp³-hybridized carbons (Fsp3) is 0.857. The molecular weight excluding hydrogens is 287 g/mol. The maximum Gasteiger partial charge on any atom is 0.335 e. The molecule has 0 spiro atoms. The Morgan fingerprint density at radius 3 is 2.74 bits per heavy atom. The molecule has 0 radical (unpaired) electrons. The summed E-state index contributed by atoms with van der Waals surface area (Å²) in [5.41, 5.74) is -0.135. The van der Waals surface area contributed by atoms with E-state index in [1.54, 1.807) is 6.92 Å². The molecule has 2 fully saturated rings. The lowest BCUT2D eigenvalue weighted by Gasteiger charge is -2.46. The van der Waals surface area contributed by atoms with Gasteiger partial charge in [0.1, 0.15) is 0 Å². The topological polar surface area (TPSA) is 43.4 Å². The second kappa shape index (κ2) is 5.25. The zero-order valence-corrected chi connectivity index (χ0v) is 12.9. The van der Waals surface area contributed by atoms with Crippen LogP contribution in [0.2, 0.25) is 0 Å². The highest BCUT2D eigenvalue weighted by atomic mass is 35.5. The number of ketones is 1. The van der Waals surface area contributed by atoms with Crippen LogP contribution in [-0.2, 0) is 14.3 Å². The fourth-order valence-electron chi connectivity index (χ4n) is 3.85. The Balaban J connectivity index is 2.37. The third kappa shape index (κ3) is 2.09. The number of alkyl halides is 2. The van der Waals surface area contributed by atoms with Gasteiger partial charge in [-0.15, -0.1) is 11.6 Å². The van der Waals surface area contributed by atoms with Crippen LogP contribution in [0.4, 0.5) is 0 Å². The second-order valence-corrected chi connectivity index (χ2v) is 6.75. The normalized spacial score (nSPS) is 42.0. The van der Waals surface area contributed by atoms with Crippen molar-refractivity contribution in [2.24, 2.45) is 17.3 Å². The predicted molar refractivity (Wildman–Crippen MR) is 74.5 cm³/mol. The van der Waals surface area contributed by atoms with Crippen LogP contribution < -0.4 is 0 Å². The molecule has 2 aliphatic carbocycles. The molecule has 19 heavy (non-hydrogen) atoms. The van der Waals surface area contributed by atoms with Crippen molar-refractivity contribution in [1.82, 2.24) is 0 Å². The minimum Gasteiger partial charge on any atom is -0.464 e. The first-order chi connectivity index (χ1) is 8.91. The van der Waals surface area contributed by atoms with Gasteiger partial charge in [0, 0.05) is 18.2 Å². The van der Waals surface area contributed by atoms with Gasteiger partial charge in [-0.1, -0.05) is 18.5 Å². The maximum atomic E-state index is 12.2. The molecule has 5 heteroatoms. The smallest absolute Gasteiger partial charge is 0.335 e. The molecule has 0 aromatic rings. The van der Waals surface area contributed by atoms with Crippen molar-refractivity contribution in [3.8, 4) is 0 Å². The van der Waals surface area contributed by atoms with Crippen LogP contribution in [0.3, 0.4) is 0 Å². The Kier molecular flexibility index (Phi) is 4.18. The second-order valence-electron chi connectivity index (χ2n) is 5.84. The molecule has 0 bridgehead atoms. The van der Waals surface area contributed by atoms with Crippen molar-refractivity contribution in [3.05, 3.63) is 0 Å². The number of rotatable bonds is 3. The number of hydrogen-bond donors (Lipinski definition) is 0. The summed E-state index contributed by atoms with van der Waals surface area (Å²) in [6.07, 6.45) is 2.79. The van der Waals surface area contributed by atoms with Crippen molar-refractivity contribution in [3.63, 3.8) is 0 Å². The highest BCUT2D eigenvalue weighted by molar-refractivity contribution is 6.46. The van der Waals surface area contributed by atoms with E-state index in [9.17, 15) is 9.59 Å². The number of hydrogen-bond acceptors (Lipinski definition) is 3. The van der Waals surface area contributed by atoms with E-state index in [2.05, 4.69) is 6.92 Å². The third-order valence-corrected chi connectivity index (χ3v) is 6.07. The average molecular weight is 307 g/mol. The molecule has 0 heterocycles. The van der Waals surface area contributed by atoms with Crippen LogP contribution >= 0.6 is 23.2 Å². The van der Waals surface area contributed by atoms with Crippen LogP contribution in [0.5, 0.6) is 0 Å². The monoisotopic (exact) mass is 306 g/mol. The Morgan fingerprint density at radius 2 is 2.16 bits per heavy atom. The third-order valence-electron chi connectivity index (χ3n) is 5.07. The SMILES string of the molecule is CCOC(=O)[C@]1(Cl)C(=O)CC[C@@]2(C)[C@H](CCl)CC[C@@H]12. The highest BCUT2D eigenvalue weighted by Gasteiger charge is 2.64. The van der Waals surface area contributed by atoms with Crippen LogP contribution in [0.25, 0.3) is 0 Å². The number of Topliss-reactive ketones (excluding diaryl/α,β-unsaturated/α-hetero) is 1. The van der Waals surface area contributed by atoms with Gasteiger partial charge in [0.25, 0.3) is 0 Å². The molecule has 0 amide bonds. The van der Waals surface area contributed by atoms with Crippen molar-refractivity contribution in [2.75, 3.05) is 12.5 Å². The Bertz CT molecular complexity index is 398. The predicted octanol–water partition coefficient (Wildman–Crippen LogP) is 3.16. The minimum atomic E-state index is -1.50. The summed E-state index contributed by atoms with van der Waals surface area (Å²) in [5, 5.41) is 0. The summed E-state index contributed by atoms with van der Waals surface area (Å²) in [5.74, 6) is -0.0552. The molecule has 0 aliphatic heterocycles. The van der Waals surface area contributed by atoms with Crippen molar-refractivity contribution >= 4 is 35.0 Å². The molecule has 4 atom stereocenters. The Hall–Kier alpha value is -0.280. The summed E-state index contributed by atoms with van der Waals surface area (Å²) < 4.78 is 5.05. The molecule has 0 aromatic heterocycles. The summed E-state index contributed by atoms with van der Waals surface area (Å²) in [7, 11) is 0. The quantitative estimate of drug-likeness (QED) is 0.457. The zero-order chi connectivity index (χ0) is 14.3. The van der Waals surface area contributed by atoms with E-state index in [1.807, 2.05) is 0 Å². The van der Waals surface area contributed by atoms with Crippen LogP contribution in [-0.4, -0.2) is 29.1 Å². The van der Waals surface area contributed by atoms with Gasteiger partial charge in [0.05, 0.1) is 6.61 Å². The number of halogens is 2. The van der Waals surface area contributed by atoms with Gasteiger partial charge in [-0.3, -0.25) is 4.79 Å². The first-order valence-electron chi connectivity index (χ1n) is 6.86. The van der Waals surface area contributed by atoms with E-state index in [1.165, 1.54) is 0 Å². The first kappa shape index (κ1) is 15.1. The van der Waals surface area contributed by atoms with Crippen LogP contribution in [0, 0.1) is 17.3 Å². The largest absolute Gasteiger partial charge is 0.464 e. The van der Waals surface area contributed by atoms with Gasteiger partial charge in [0.2, 0.25) is 4.87 Å². The fourth-order valence-corrected chi connectivity index (χ4v) is 4.86. The number of carbonyl (C=O) groups is 2. The van der Waals surface area contributed by atoms with Gasteiger partial charge in [-0.05, 0) is 37.5 Å². The Labute approximate surface area is 124 Å².